The Morgan fingerprint density at radius 2 is 1.55 bits per heavy atom. The fourth-order valence-corrected chi connectivity index (χ4v) is 2.95. The van der Waals surface area contributed by atoms with Crippen molar-refractivity contribution in [1.29, 1.82) is 0 Å². The van der Waals surface area contributed by atoms with Crippen LogP contribution in [-0.2, 0) is 30.4 Å². The van der Waals surface area contributed by atoms with E-state index in [0.29, 0.717) is 31.4 Å². The molecule has 12 heteroatoms. The first-order valence-corrected chi connectivity index (χ1v) is 10.5. The van der Waals surface area contributed by atoms with Gasteiger partial charge in [-0.05, 0) is 24.9 Å². The summed E-state index contributed by atoms with van der Waals surface area (Å²) >= 11 is 0. The number of hydrogen-bond acceptors (Lipinski definition) is 7. The molecule has 0 heterocycles. The average molecular weight is 465 g/mol. The average Bonchev–Trinajstić information content (AvgIpc) is 2.76. The van der Waals surface area contributed by atoms with Gasteiger partial charge in [0.25, 0.3) is 0 Å². The minimum absolute atomic E-state index is 0.0495. The minimum Gasteiger partial charge on any atom is -0.480 e. The molecule has 0 aliphatic rings. The molecule has 12 nitrogen and oxygen atoms in total. The van der Waals surface area contributed by atoms with Gasteiger partial charge in [0, 0.05) is 6.42 Å². The van der Waals surface area contributed by atoms with E-state index < -0.39 is 60.7 Å². The van der Waals surface area contributed by atoms with Gasteiger partial charge < -0.3 is 38.3 Å². The quantitative estimate of drug-likeness (QED) is 0.140. The number of unbranched alkanes of at least 4 members (excludes halogenated alkanes) is 1. The van der Waals surface area contributed by atoms with E-state index in [-0.39, 0.29) is 6.42 Å². The number of hydrogen-bond donors (Lipinski definition) is 7. The third kappa shape index (κ3) is 11.1. The lowest BCUT2D eigenvalue weighted by Crippen LogP contribution is -2.57. The standard InChI is InChI=1S/C21H32N6O6/c22-9-5-4-8-14(23)19(31)26-16(11-17(24)28)21(33)27-15(20(32)25-12-18(29)30)10-13-6-2-1-3-7-13/h1-3,6-7,14-16H,4-5,8-12,22-23H2,(H2,24,28)(H,25,32)(H,26,31)(H,27,33)(H,29,30). The Morgan fingerprint density at radius 1 is 0.909 bits per heavy atom. The summed E-state index contributed by atoms with van der Waals surface area (Å²) in [6.45, 7) is -0.188. The summed E-state index contributed by atoms with van der Waals surface area (Å²) < 4.78 is 0. The van der Waals surface area contributed by atoms with Crippen LogP contribution in [0, 0.1) is 0 Å². The third-order valence-corrected chi connectivity index (χ3v) is 4.67. The van der Waals surface area contributed by atoms with Crippen LogP contribution in [0.25, 0.3) is 0 Å². The zero-order chi connectivity index (χ0) is 24.8. The molecule has 4 amide bonds. The zero-order valence-electron chi connectivity index (χ0n) is 18.3. The number of carbonyl (C=O) groups is 5. The SMILES string of the molecule is NCCCCC(N)C(=O)NC(CC(N)=O)C(=O)NC(Cc1ccccc1)C(=O)NCC(=O)O. The van der Waals surface area contributed by atoms with Crippen LogP contribution < -0.4 is 33.2 Å². The molecule has 0 saturated heterocycles. The van der Waals surface area contributed by atoms with Crippen molar-refractivity contribution in [3.05, 3.63) is 35.9 Å². The molecule has 1 aromatic carbocycles. The number of rotatable bonds is 15. The number of primary amides is 1. The Morgan fingerprint density at radius 3 is 2.12 bits per heavy atom. The Hall–Kier alpha value is -3.51. The molecule has 0 spiro atoms. The first kappa shape index (κ1) is 27.5. The van der Waals surface area contributed by atoms with E-state index >= 15 is 0 Å². The number of aliphatic carboxylic acids is 1. The highest BCUT2D eigenvalue weighted by molar-refractivity contribution is 5.95. The molecule has 3 atom stereocenters. The van der Waals surface area contributed by atoms with E-state index in [9.17, 15) is 24.0 Å². The van der Waals surface area contributed by atoms with E-state index in [4.69, 9.17) is 22.3 Å². The van der Waals surface area contributed by atoms with Crippen molar-refractivity contribution in [1.82, 2.24) is 16.0 Å². The summed E-state index contributed by atoms with van der Waals surface area (Å²) in [5.41, 5.74) is 17.2. The van der Waals surface area contributed by atoms with E-state index in [1.165, 1.54) is 0 Å². The van der Waals surface area contributed by atoms with Gasteiger partial charge in [-0.25, -0.2) is 0 Å². The van der Waals surface area contributed by atoms with Crippen LogP contribution in [0.1, 0.15) is 31.2 Å². The fourth-order valence-electron chi connectivity index (χ4n) is 2.95. The highest BCUT2D eigenvalue weighted by Gasteiger charge is 2.29. The van der Waals surface area contributed by atoms with Gasteiger partial charge in [-0.1, -0.05) is 36.8 Å². The number of carboxylic acids is 1. The molecule has 33 heavy (non-hydrogen) atoms. The zero-order valence-corrected chi connectivity index (χ0v) is 18.3. The second kappa shape index (κ2) is 14.5. The van der Waals surface area contributed by atoms with Crippen LogP contribution in [-0.4, -0.2) is 65.9 Å². The molecule has 0 aliphatic carbocycles. The van der Waals surface area contributed by atoms with Crippen LogP contribution in [0.2, 0.25) is 0 Å². The van der Waals surface area contributed by atoms with Crippen molar-refractivity contribution in [2.75, 3.05) is 13.1 Å². The predicted molar refractivity (Wildman–Crippen MR) is 119 cm³/mol. The van der Waals surface area contributed by atoms with Gasteiger partial charge in [0.05, 0.1) is 12.5 Å². The van der Waals surface area contributed by atoms with E-state index in [2.05, 4.69) is 16.0 Å². The predicted octanol–water partition coefficient (Wildman–Crippen LogP) is -2.27. The number of carboxylic acid groups (broad SMARTS) is 1. The molecular weight excluding hydrogens is 432 g/mol. The molecule has 0 aromatic heterocycles. The van der Waals surface area contributed by atoms with Crippen molar-refractivity contribution >= 4 is 29.6 Å². The summed E-state index contributed by atoms with van der Waals surface area (Å²) in [4.78, 5) is 60.0. The lowest BCUT2D eigenvalue weighted by atomic mass is 10.0. The van der Waals surface area contributed by atoms with Gasteiger partial charge in [-0.2, -0.15) is 0 Å². The van der Waals surface area contributed by atoms with Gasteiger partial charge in [-0.15, -0.1) is 0 Å². The molecule has 3 unspecified atom stereocenters. The molecule has 1 rings (SSSR count). The van der Waals surface area contributed by atoms with Crippen LogP contribution in [0.5, 0.6) is 0 Å². The lowest BCUT2D eigenvalue weighted by molar-refractivity contribution is -0.138. The normalized spacial score (nSPS) is 13.3. The van der Waals surface area contributed by atoms with Gasteiger partial charge in [-0.3, -0.25) is 24.0 Å². The maximum Gasteiger partial charge on any atom is 0.322 e. The van der Waals surface area contributed by atoms with Crippen molar-refractivity contribution in [3.63, 3.8) is 0 Å². The highest BCUT2D eigenvalue weighted by atomic mass is 16.4. The monoisotopic (exact) mass is 464 g/mol. The second-order valence-electron chi connectivity index (χ2n) is 7.49. The molecule has 0 fully saturated rings. The van der Waals surface area contributed by atoms with Gasteiger partial charge in [0.2, 0.25) is 23.6 Å². The number of nitrogens with two attached hydrogens (primary N) is 3. The van der Waals surface area contributed by atoms with Gasteiger partial charge >= 0.3 is 5.97 Å². The smallest absolute Gasteiger partial charge is 0.322 e. The number of benzene rings is 1. The molecule has 0 radical (unpaired) electrons. The number of carbonyl (C=O) groups excluding carboxylic acids is 4. The molecular formula is C21H32N6O6. The highest BCUT2D eigenvalue weighted by Crippen LogP contribution is 2.05. The van der Waals surface area contributed by atoms with Crippen molar-refractivity contribution in [2.45, 2.75) is 50.2 Å². The Bertz CT molecular complexity index is 819. The largest absolute Gasteiger partial charge is 0.480 e. The van der Waals surface area contributed by atoms with Crippen LogP contribution >= 0.6 is 0 Å². The van der Waals surface area contributed by atoms with E-state index in [1.54, 1.807) is 30.3 Å². The summed E-state index contributed by atoms with van der Waals surface area (Å²) in [5.74, 6) is -4.32. The summed E-state index contributed by atoms with van der Waals surface area (Å²) in [5, 5.41) is 15.9. The van der Waals surface area contributed by atoms with Crippen LogP contribution in [0.4, 0.5) is 0 Å². The Labute approximate surface area is 191 Å². The topological polar surface area (TPSA) is 220 Å². The van der Waals surface area contributed by atoms with Crippen molar-refractivity contribution < 1.29 is 29.1 Å². The molecule has 10 N–H and O–H groups in total. The minimum atomic E-state index is -1.36. The lowest BCUT2D eigenvalue weighted by Gasteiger charge is -2.23. The Balaban J connectivity index is 2.93. The molecule has 182 valence electrons. The number of nitrogens with one attached hydrogen (secondary N) is 3. The van der Waals surface area contributed by atoms with Crippen LogP contribution in [0.15, 0.2) is 30.3 Å². The summed E-state index contributed by atoms with van der Waals surface area (Å²) in [6.07, 6.45) is 1.16. The third-order valence-electron chi connectivity index (χ3n) is 4.67. The first-order chi connectivity index (χ1) is 15.6. The van der Waals surface area contributed by atoms with E-state index in [1.807, 2.05) is 0 Å². The molecule has 0 saturated carbocycles. The van der Waals surface area contributed by atoms with Gasteiger partial charge in [0.1, 0.15) is 18.6 Å². The van der Waals surface area contributed by atoms with Crippen molar-refractivity contribution in [2.24, 2.45) is 17.2 Å². The first-order valence-electron chi connectivity index (χ1n) is 10.5. The fraction of sp³-hybridized carbons (Fsp3) is 0.476. The summed E-state index contributed by atoms with van der Waals surface area (Å²) in [6, 6.07) is 5.28. The maximum absolute atomic E-state index is 12.9. The van der Waals surface area contributed by atoms with E-state index in [0.717, 1.165) is 0 Å². The van der Waals surface area contributed by atoms with Crippen molar-refractivity contribution in [3.8, 4) is 0 Å². The molecule has 1 aromatic rings. The molecule has 0 bridgehead atoms. The Kier molecular flexibility index (Phi) is 12.1. The maximum atomic E-state index is 12.9. The molecule has 0 aliphatic heterocycles. The second-order valence-corrected chi connectivity index (χ2v) is 7.49. The van der Waals surface area contributed by atoms with Gasteiger partial charge in [0.15, 0.2) is 0 Å². The van der Waals surface area contributed by atoms with Crippen LogP contribution in [0.3, 0.4) is 0 Å². The summed E-state index contributed by atoms with van der Waals surface area (Å²) in [7, 11) is 0. The number of amides is 4.